The molecule has 0 saturated heterocycles. The minimum Gasteiger partial charge on any atom is -1.00 e. The number of phenolic OH excluding ortho intramolecular Hbond substituents is 1. The molecule has 1 aromatic carbocycles. The zero-order valence-electron chi connectivity index (χ0n) is 26.8. The van der Waals surface area contributed by atoms with Crippen molar-refractivity contribution in [1.29, 1.82) is 0 Å². The highest BCUT2D eigenvalue weighted by atomic mass is 79.9. The van der Waals surface area contributed by atoms with Gasteiger partial charge in [-0.1, -0.05) is 65.7 Å². The Morgan fingerprint density at radius 1 is 0.650 bits per heavy atom. The Labute approximate surface area is 260 Å². The van der Waals surface area contributed by atoms with E-state index in [1.54, 1.807) is 0 Å². The Morgan fingerprint density at radius 3 is 1.60 bits per heavy atom. The van der Waals surface area contributed by atoms with Crippen LogP contribution < -0.4 is 27.0 Å². The number of aromatic hydroxyl groups is 1. The molecule has 40 heavy (non-hydrogen) atoms. The van der Waals surface area contributed by atoms with Gasteiger partial charge in [-0.05, 0) is 65.0 Å². The van der Waals surface area contributed by atoms with Crippen molar-refractivity contribution < 1.29 is 40.1 Å². The van der Waals surface area contributed by atoms with E-state index in [1.165, 1.54) is 88.0 Å². The number of unbranched alkanes of at least 4 members (excludes halogenated alkanes) is 8. The van der Waals surface area contributed by atoms with Gasteiger partial charge in [0, 0.05) is 31.9 Å². The van der Waals surface area contributed by atoms with Crippen molar-refractivity contribution >= 4 is 21.4 Å². The Kier molecular flexibility index (Phi) is 24.2. The van der Waals surface area contributed by atoms with E-state index in [-0.39, 0.29) is 17.0 Å². The van der Waals surface area contributed by atoms with Crippen LogP contribution in [0.3, 0.4) is 0 Å². The lowest BCUT2D eigenvalue weighted by Crippen LogP contribution is -3.00. The average Bonchev–Trinajstić information content (AvgIpc) is 2.93. The van der Waals surface area contributed by atoms with Crippen molar-refractivity contribution in [2.75, 3.05) is 44.9 Å². The van der Waals surface area contributed by atoms with E-state index in [0.29, 0.717) is 25.6 Å². The highest BCUT2D eigenvalue weighted by molar-refractivity contribution is 7.83. The fraction of sp³-hybridized carbons (Fsp3) is 0.812. The number of halogens is 1. The fourth-order valence-electron chi connectivity index (χ4n) is 5.41. The van der Waals surface area contributed by atoms with E-state index >= 15 is 0 Å². The van der Waals surface area contributed by atoms with Gasteiger partial charge in [0.2, 0.25) is 0 Å². The largest absolute Gasteiger partial charge is 1.00 e. The quantitative estimate of drug-likeness (QED) is 0.0725. The zero-order valence-corrected chi connectivity index (χ0v) is 30.3. The molecular formula is C32H62BrO5PSi. The molecule has 1 rings (SSSR count). The Bertz CT molecular complexity index is 700. The van der Waals surface area contributed by atoms with Gasteiger partial charge >= 0.3 is 8.80 Å². The van der Waals surface area contributed by atoms with Crippen molar-refractivity contribution in [3.63, 3.8) is 0 Å². The first-order valence-electron chi connectivity index (χ1n) is 16.2. The lowest BCUT2D eigenvalue weighted by atomic mass is 10.1. The predicted octanol–water partition coefficient (Wildman–Crippen LogP) is 6.21. The molecule has 0 spiro atoms. The normalized spacial score (nSPS) is 11.9. The molecule has 0 saturated carbocycles. The van der Waals surface area contributed by atoms with E-state index in [4.69, 9.17) is 18.0 Å². The minimum absolute atomic E-state index is 0. The summed E-state index contributed by atoms with van der Waals surface area (Å²) in [5.74, 6) is 1.42. The molecular weight excluding hydrogens is 603 g/mol. The maximum Gasteiger partial charge on any atom is 0.500 e. The standard InChI is InChI=1S/C32H61O5PSi.BrH/c1-7-13-25-38(26-14-8-2,27-15-9-3)32-29-30(33)22-23-31(32)34-24-20-18-16-17-19-21-28-39(35-10-4,36-11-5)37-12-6;/h22-23,29H,7-21,24-28H2,1-6H3;1H. The molecule has 0 bridgehead atoms. The van der Waals surface area contributed by atoms with Gasteiger partial charge in [0.25, 0.3) is 0 Å². The van der Waals surface area contributed by atoms with Gasteiger partial charge in [-0.3, -0.25) is 0 Å². The lowest BCUT2D eigenvalue weighted by molar-refractivity contribution is -0.0000212. The highest BCUT2D eigenvalue weighted by Gasteiger charge is 2.41. The maximum absolute atomic E-state index is 10.5. The molecule has 0 aliphatic rings. The summed E-state index contributed by atoms with van der Waals surface area (Å²) >= 11 is 0. The van der Waals surface area contributed by atoms with Gasteiger partial charge in [-0.2, -0.15) is 0 Å². The Balaban J connectivity index is 0.0000152. The molecule has 1 aromatic rings. The van der Waals surface area contributed by atoms with Crippen LogP contribution in [0.1, 0.15) is 119 Å². The molecule has 0 aliphatic carbocycles. The van der Waals surface area contributed by atoms with Crippen molar-refractivity contribution in [1.82, 2.24) is 0 Å². The van der Waals surface area contributed by atoms with Crippen LogP contribution in [0, 0.1) is 0 Å². The molecule has 0 aliphatic heterocycles. The van der Waals surface area contributed by atoms with Crippen molar-refractivity contribution in [3.05, 3.63) is 18.2 Å². The molecule has 0 amide bonds. The number of ether oxygens (including phenoxy) is 1. The summed E-state index contributed by atoms with van der Waals surface area (Å²) in [7, 11) is -3.88. The van der Waals surface area contributed by atoms with Crippen LogP contribution in [0.4, 0.5) is 0 Å². The third-order valence-corrected chi connectivity index (χ3v) is 15.5. The summed E-state index contributed by atoms with van der Waals surface area (Å²) < 4.78 is 24.4. The van der Waals surface area contributed by atoms with Crippen LogP contribution in [0.2, 0.25) is 6.04 Å². The Morgan fingerprint density at radius 2 is 1.12 bits per heavy atom. The van der Waals surface area contributed by atoms with Crippen LogP contribution in [-0.2, 0) is 13.3 Å². The summed E-state index contributed by atoms with van der Waals surface area (Å²) in [4.78, 5) is 0. The number of phenols is 1. The van der Waals surface area contributed by atoms with Gasteiger partial charge in [0.1, 0.15) is 11.1 Å². The molecule has 0 fully saturated rings. The summed E-state index contributed by atoms with van der Waals surface area (Å²) in [5, 5.41) is 11.8. The third-order valence-electron chi connectivity index (χ3n) is 7.50. The first kappa shape index (κ1) is 39.8. The number of rotatable bonds is 26. The van der Waals surface area contributed by atoms with Crippen LogP contribution >= 0.6 is 7.26 Å². The van der Waals surface area contributed by atoms with E-state index in [9.17, 15) is 5.11 Å². The second kappa shape index (κ2) is 24.3. The molecule has 1 N–H and O–H groups in total. The summed E-state index contributed by atoms with van der Waals surface area (Å²) in [6.07, 6.45) is 18.3. The Hall–Kier alpha value is -0.173. The number of benzene rings is 1. The predicted molar refractivity (Wildman–Crippen MR) is 173 cm³/mol. The average molecular weight is 666 g/mol. The first-order valence-corrected chi connectivity index (χ1v) is 20.5. The SMILES string of the molecule is CCCC[P+](CCCC)(CCCC)c1cc(O)ccc1OCCCCCCCC[Si](OCC)(OCC)OCC.[Br-]. The number of hydrogen-bond donors (Lipinski definition) is 1. The second-order valence-corrected chi connectivity index (χ2v) is 17.6. The zero-order chi connectivity index (χ0) is 28.8. The molecule has 5 nitrogen and oxygen atoms in total. The van der Waals surface area contributed by atoms with E-state index < -0.39 is 16.1 Å². The van der Waals surface area contributed by atoms with Crippen molar-refractivity contribution in [2.45, 2.75) is 125 Å². The molecule has 0 radical (unpaired) electrons. The molecule has 0 atom stereocenters. The van der Waals surface area contributed by atoms with E-state index in [0.717, 1.165) is 31.2 Å². The second-order valence-electron chi connectivity index (χ2n) is 10.7. The summed E-state index contributed by atoms with van der Waals surface area (Å²) in [5.41, 5.74) is 0. The molecule has 8 heteroatoms. The van der Waals surface area contributed by atoms with Crippen molar-refractivity contribution in [3.8, 4) is 11.5 Å². The van der Waals surface area contributed by atoms with Crippen LogP contribution in [0.15, 0.2) is 18.2 Å². The molecule has 236 valence electrons. The summed E-state index contributed by atoms with van der Waals surface area (Å²) in [6.45, 7) is 15.6. The van der Waals surface area contributed by atoms with Gasteiger partial charge in [0.05, 0.1) is 32.4 Å². The minimum atomic E-state index is -2.50. The van der Waals surface area contributed by atoms with Gasteiger partial charge < -0.3 is 40.1 Å². The van der Waals surface area contributed by atoms with Gasteiger partial charge in [0.15, 0.2) is 5.75 Å². The van der Waals surface area contributed by atoms with Crippen LogP contribution in [0.25, 0.3) is 0 Å². The highest BCUT2D eigenvalue weighted by Crippen LogP contribution is 2.61. The molecule has 0 heterocycles. The van der Waals surface area contributed by atoms with Gasteiger partial charge in [-0.25, -0.2) is 0 Å². The van der Waals surface area contributed by atoms with Crippen LogP contribution in [0.5, 0.6) is 11.5 Å². The van der Waals surface area contributed by atoms with E-state index in [1.807, 2.05) is 32.9 Å². The van der Waals surface area contributed by atoms with Gasteiger partial charge in [-0.15, -0.1) is 0 Å². The lowest BCUT2D eigenvalue weighted by Gasteiger charge is -2.29. The third kappa shape index (κ3) is 14.8. The first-order chi connectivity index (χ1) is 19.0. The maximum atomic E-state index is 10.5. The monoisotopic (exact) mass is 664 g/mol. The van der Waals surface area contributed by atoms with Crippen molar-refractivity contribution in [2.24, 2.45) is 0 Å². The van der Waals surface area contributed by atoms with E-state index in [2.05, 4.69) is 26.8 Å². The molecule has 0 aromatic heterocycles. The van der Waals surface area contributed by atoms with Crippen LogP contribution in [-0.4, -0.2) is 58.8 Å². The number of hydrogen-bond acceptors (Lipinski definition) is 5. The fourth-order valence-corrected chi connectivity index (χ4v) is 13.3. The summed E-state index contributed by atoms with van der Waals surface area (Å²) in [6, 6.07) is 6.81. The topological polar surface area (TPSA) is 57.2 Å². The smallest absolute Gasteiger partial charge is 0.500 e. The molecule has 0 unspecified atom stereocenters.